The predicted molar refractivity (Wildman–Crippen MR) is 71.5 cm³/mol. The van der Waals surface area contributed by atoms with E-state index in [-0.39, 0.29) is 0 Å². The van der Waals surface area contributed by atoms with Crippen LogP contribution in [-0.2, 0) is 10.2 Å². The molecular weight excluding hydrogens is 266 g/mol. The first-order chi connectivity index (χ1) is 9.15. The molecule has 19 heavy (non-hydrogen) atoms. The molecule has 98 valence electrons. The summed E-state index contributed by atoms with van der Waals surface area (Å²) in [6.45, 7) is 0. The smallest absolute Gasteiger partial charge is 0.265 e. The van der Waals surface area contributed by atoms with Gasteiger partial charge in [0.25, 0.3) is 0 Å². The monoisotopic (exact) mass is 277 g/mol. The number of hydrazine groups is 2. The average molecular weight is 277 g/mol. The van der Waals surface area contributed by atoms with Crippen molar-refractivity contribution in [3.05, 3.63) is 54.6 Å². The summed E-state index contributed by atoms with van der Waals surface area (Å²) in [4.78, 5) is 4.04. The first kappa shape index (κ1) is 11.8. The number of aliphatic imine (C=N–C) groups is 1. The average Bonchev–Trinajstić information content (AvgIpc) is 2.84. The second-order valence-corrected chi connectivity index (χ2v) is 5.39. The van der Waals surface area contributed by atoms with Crippen LogP contribution in [0.5, 0.6) is 0 Å². The Kier molecular flexibility index (Phi) is 2.73. The van der Waals surface area contributed by atoms with E-state index in [4.69, 9.17) is 0 Å². The van der Waals surface area contributed by atoms with Crippen molar-refractivity contribution in [2.45, 2.75) is 0 Å². The Morgan fingerprint density at radius 2 is 2.00 bits per heavy atom. The van der Waals surface area contributed by atoms with Gasteiger partial charge in [0.15, 0.2) is 5.82 Å². The molecule has 0 bridgehead atoms. The van der Waals surface area contributed by atoms with Gasteiger partial charge in [0.1, 0.15) is 0 Å². The van der Waals surface area contributed by atoms with Gasteiger partial charge in [-0.25, -0.2) is 10.0 Å². The number of nitrogens with zero attached hydrogens (tertiary/aromatic N) is 3. The van der Waals surface area contributed by atoms with Gasteiger partial charge in [-0.3, -0.25) is 4.72 Å². The van der Waals surface area contributed by atoms with E-state index in [1.165, 1.54) is 11.2 Å². The molecule has 0 amide bonds. The molecule has 1 aromatic rings. The molecule has 8 heteroatoms. The minimum absolute atomic E-state index is 0.492. The van der Waals surface area contributed by atoms with Crippen LogP contribution in [0.2, 0.25) is 0 Å². The number of para-hydroxylation sites is 1. The Morgan fingerprint density at radius 3 is 2.74 bits per heavy atom. The lowest BCUT2D eigenvalue weighted by molar-refractivity contribution is 0.253. The van der Waals surface area contributed by atoms with Gasteiger partial charge < -0.3 is 0 Å². The van der Waals surface area contributed by atoms with E-state index in [0.29, 0.717) is 11.5 Å². The molecule has 7 nitrogen and oxygen atoms in total. The Morgan fingerprint density at radius 1 is 1.21 bits per heavy atom. The number of rotatable bonds is 3. The molecule has 2 aliphatic heterocycles. The van der Waals surface area contributed by atoms with E-state index in [1.54, 1.807) is 42.8 Å². The maximum Gasteiger partial charge on any atom is 0.338 e. The Labute approximate surface area is 110 Å². The summed E-state index contributed by atoms with van der Waals surface area (Å²) in [5, 5.41) is 1.50. The number of hydrogen-bond acceptors (Lipinski definition) is 5. The second-order valence-electron chi connectivity index (χ2n) is 3.85. The maximum atomic E-state index is 12.2. The van der Waals surface area contributed by atoms with Crippen molar-refractivity contribution in [2.24, 2.45) is 4.99 Å². The van der Waals surface area contributed by atoms with Crippen LogP contribution in [0, 0.1) is 0 Å². The maximum absolute atomic E-state index is 12.2. The molecule has 0 radical (unpaired) electrons. The SMILES string of the molecule is O=S(=O)(Nc1ccccc1)N1C=C2N=CC=CN2N1. The van der Waals surface area contributed by atoms with Gasteiger partial charge in [-0.2, -0.15) is 12.8 Å². The molecule has 1 aromatic carbocycles. The van der Waals surface area contributed by atoms with Crippen molar-refractivity contribution in [2.75, 3.05) is 4.72 Å². The summed E-state index contributed by atoms with van der Waals surface area (Å²) in [5.41, 5.74) is 3.17. The summed E-state index contributed by atoms with van der Waals surface area (Å²) >= 11 is 0. The van der Waals surface area contributed by atoms with Gasteiger partial charge in [-0.15, -0.1) is 5.53 Å². The van der Waals surface area contributed by atoms with Gasteiger partial charge in [-0.05, 0) is 18.2 Å². The van der Waals surface area contributed by atoms with Gasteiger partial charge in [0.2, 0.25) is 0 Å². The molecule has 2 N–H and O–H groups in total. The Bertz CT molecular complexity index is 666. The highest BCUT2D eigenvalue weighted by Gasteiger charge is 2.28. The van der Waals surface area contributed by atoms with Crippen LogP contribution in [-0.4, -0.2) is 24.1 Å². The quantitative estimate of drug-likeness (QED) is 0.856. The van der Waals surface area contributed by atoms with E-state index < -0.39 is 10.2 Å². The van der Waals surface area contributed by atoms with E-state index in [2.05, 4.69) is 15.2 Å². The molecule has 0 spiro atoms. The number of benzene rings is 1. The van der Waals surface area contributed by atoms with Crippen LogP contribution >= 0.6 is 0 Å². The molecular formula is C11H11N5O2S. The first-order valence-electron chi connectivity index (χ1n) is 5.51. The third-order valence-corrected chi connectivity index (χ3v) is 3.69. The molecule has 0 saturated heterocycles. The zero-order valence-corrected chi connectivity index (χ0v) is 10.6. The fraction of sp³-hybridized carbons (Fsp3) is 0. The van der Waals surface area contributed by atoms with Gasteiger partial charge in [0.05, 0.1) is 11.9 Å². The minimum Gasteiger partial charge on any atom is -0.265 e. The molecule has 2 heterocycles. The lowest BCUT2D eigenvalue weighted by Crippen LogP contribution is -2.43. The van der Waals surface area contributed by atoms with Crippen LogP contribution in [0.4, 0.5) is 5.69 Å². The fourth-order valence-corrected chi connectivity index (χ4v) is 2.59. The van der Waals surface area contributed by atoms with Crippen LogP contribution in [0.25, 0.3) is 0 Å². The number of anilines is 1. The van der Waals surface area contributed by atoms with Crippen LogP contribution < -0.4 is 10.3 Å². The number of fused-ring (bicyclic) bond motifs is 1. The third kappa shape index (κ3) is 2.30. The normalized spacial score (nSPS) is 17.4. The van der Waals surface area contributed by atoms with Gasteiger partial charge in [0, 0.05) is 12.4 Å². The number of nitrogens with one attached hydrogen (secondary N) is 2. The fourth-order valence-electron chi connectivity index (χ4n) is 1.63. The standard InChI is InChI=1S/C11H11N5O2S/c17-19(18,13-10-5-2-1-3-6-10)16-9-11-12-7-4-8-15(11)14-16/h1-9,13-14H. The zero-order chi connectivity index (χ0) is 13.3. The van der Waals surface area contributed by atoms with Crippen LogP contribution in [0.3, 0.4) is 0 Å². The summed E-state index contributed by atoms with van der Waals surface area (Å²) in [6, 6.07) is 8.67. The molecule has 0 aliphatic carbocycles. The van der Waals surface area contributed by atoms with Crippen molar-refractivity contribution in [1.29, 1.82) is 0 Å². The first-order valence-corrected chi connectivity index (χ1v) is 6.95. The highest BCUT2D eigenvalue weighted by Crippen LogP contribution is 2.19. The zero-order valence-electron chi connectivity index (χ0n) is 9.76. The number of allylic oxidation sites excluding steroid dienone is 1. The lowest BCUT2D eigenvalue weighted by atomic mass is 10.3. The van der Waals surface area contributed by atoms with E-state index >= 15 is 0 Å². The Balaban J connectivity index is 1.81. The highest BCUT2D eigenvalue weighted by molar-refractivity contribution is 7.90. The molecule has 3 rings (SSSR count). The molecule has 0 unspecified atom stereocenters. The molecule has 0 aromatic heterocycles. The summed E-state index contributed by atoms with van der Waals surface area (Å²) in [6.07, 6.45) is 6.36. The number of hydrogen-bond donors (Lipinski definition) is 2. The van der Waals surface area contributed by atoms with Gasteiger partial charge in [-0.1, -0.05) is 18.2 Å². The van der Waals surface area contributed by atoms with Gasteiger partial charge >= 0.3 is 10.2 Å². The topological polar surface area (TPSA) is 77.0 Å². The van der Waals surface area contributed by atoms with Crippen LogP contribution in [0.15, 0.2) is 59.6 Å². The largest absolute Gasteiger partial charge is 0.338 e. The van der Waals surface area contributed by atoms with Crippen LogP contribution in [0.1, 0.15) is 0 Å². The van der Waals surface area contributed by atoms with Crippen molar-refractivity contribution in [3.8, 4) is 0 Å². The molecule has 0 atom stereocenters. The summed E-state index contributed by atoms with van der Waals surface area (Å²) in [7, 11) is -3.72. The summed E-state index contributed by atoms with van der Waals surface area (Å²) in [5.74, 6) is 0.501. The van der Waals surface area contributed by atoms with Crippen molar-refractivity contribution in [3.63, 3.8) is 0 Å². The Hall–Kier alpha value is -2.32. The van der Waals surface area contributed by atoms with E-state index in [9.17, 15) is 8.42 Å². The van der Waals surface area contributed by atoms with E-state index in [0.717, 1.165) is 4.41 Å². The highest BCUT2D eigenvalue weighted by atomic mass is 32.2. The molecule has 0 saturated carbocycles. The van der Waals surface area contributed by atoms with E-state index in [1.807, 2.05) is 6.07 Å². The summed E-state index contributed by atoms with van der Waals surface area (Å²) < 4.78 is 27.7. The van der Waals surface area contributed by atoms with Crippen molar-refractivity contribution >= 4 is 22.1 Å². The third-order valence-electron chi connectivity index (χ3n) is 2.49. The second kappa shape index (κ2) is 4.41. The lowest BCUT2D eigenvalue weighted by Gasteiger charge is -2.21. The molecule has 2 aliphatic rings. The van der Waals surface area contributed by atoms with Crippen molar-refractivity contribution < 1.29 is 8.42 Å². The predicted octanol–water partition coefficient (Wildman–Crippen LogP) is 0.777. The van der Waals surface area contributed by atoms with Crippen molar-refractivity contribution in [1.82, 2.24) is 15.0 Å². The molecule has 0 fully saturated rings. The minimum atomic E-state index is -3.72.